The van der Waals surface area contributed by atoms with Crippen LogP contribution in [0.5, 0.6) is 0 Å². The van der Waals surface area contributed by atoms with E-state index in [-0.39, 0.29) is 5.91 Å². The highest BCUT2D eigenvalue weighted by Gasteiger charge is 2.19. The summed E-state index contributed by atoms with van der Waals surface area (Å²) < 4.78 is 5.31. The third kappa shape index (κ3) is 4.35. The van der Waals surface area contributed by atoms with E-state index in [1.165, 1.54) is 0 Å². The van der Waals surface area contributed by atoms with E-state index in [0.717, 1.165) is 16.5 Å². The van der Waals surface area contributed by atoms with Crippen LogP contribution in [0.15, 0.2) is 23.7 Å². The quantitative estimate of drug-likeness (QED) is 0.821. The topological polar surface area (TPSA) is 58.6 Å². The third-order valence-electron chi connectivity index (χ3n) is 4.14. The minimum absolute atomic E-state index is 0.0381. The molecule has 1 aliphatic rings. The lowest BCUT2D eigenvalue weighted by Gasteiger charge is -2.27. The molecule has 7 heteroatoms. The highest BCUT2D eigenvalue weighted by atomic mass is 32.1. The fourth-order valence-electron chi connectivity index (χ4n) is 2.69. The zero-order valence-electron chi connectivity index (χ0n) is 14.9. The van der Waals surface area contributed by atoms with Crippen LogP contribution in [-0.4, -0.2) is 54.1 Å². The van der Waals surface area contributed by atoms with Crippen LogP contribution in [0.2, 0.25) is 0 Å². The van der Waals surface area contributed by atoms with Gasteiger partial charge in [-0.15, -0.1) is 11.3 Å². The van der Waals surface area contributed by atoms with Gasteiger partial charge in [0.05, 0.1) is 30.5 Å². The van der Waals surface area contributed by atoms with Crippen molar-refractivity contribution in [2.45, 2.75) is 26.3 Å². The molecule has 0 N–H and O–H groups in total. The van der Waals surface area contributed by atoms with E-state index < -0.39 is 0 Å². The number of aromatic nitrogens is 2. The number of pyridine rings is 1. The Hall–Kier alpha value is -1.99. The first-order valence-corrected chi connectivity index (χ1v) is 9.41. The standard InChI is InChI=1S/C18H24N4O2S/c1-13(2)17-20-15(12-25-17)11-21(3)16-10-14(4-5-19-16)18(23)22-6-8-24-9-7-22/h4-5,10,12-13H,6-9,11H2,1-3H3. The van der Waals surface area contributed by atoms with Gasteiger partial charge in [0, 0.05) is 43.2 Å². The number of hydrogen-bond acceptors (Lipinski definition) is 6. The summed E-state index contributed by atoms with van der Waals surface area (Å²) in [5.74, 6) is 1.26. The van der Waals surface area contributed by atoms with Crippen LogP contribution in [0.25, 0.3) is 0 Å². The van der Waals surface area contributed by atoms with E-state index in [4.69, 9.17) is 4.74 Å². The fourth-order valence-corrected chi connectivity index (χ4v) is 3.52. The zero-order valence-corrected chi connectivity index (χ0v) is 15.8. The predicted molar refractivity (Wildman–Crippen MR) is 99.3 cm³/mol. The second-order valence-electron chi connectivity index (χ2n) is 6.50. The van der Waals surface area contributed by atoms with Crippen molar-refractivity contribution in [1.29, 1.82) is 0 Å². The number of ether oxygens (including phenoxy) is 1. The molecule has 1 amide bonds. The molecule has 1 aliphatic heterocycles. The van der Waals surface area contributed by atoms with Crippen LogP contribution in [0, 0.1) is 0 Å². The van der Waals surface area contributed by atoms with Crippen LogP contribution in [0.3, 0.4) is 0 Å². The molecule has 6 nitrogen and oxygen atoms in total. The molecule has 2 aromatic heterocycles. The number of carbonyl (C=O) groups is 1. The molecule has 0 bridgehead atoms. The second kappa shape index (κ2) is 7.93. The van der Waals surface area contributed by atoms with Gasteiger partial charge >= 0.3 is 0 Å². The first-order valence-electron chi connectivity index (χ1n) is 8.53. The van der Waals surface area contributed by atoms with Crippen molar-refractivity contribution in [3.05, 3.63) is 40.0 Å². The summed E-state index contributed by atoms with van der Waals surface area (Å²) in [6.45, 7) is 7.46. The van der Waals surface area contributed by atoms with Gasteiger partial charge in [0.2, 0.25) is 0 Å². The Morgan fingerprint density at radius 1 is 1.40 bits per heavy atom. The Bertz CT molecular complexity index is 725. The van der Waals surface area contributed by atoms with E-state index >= 15 is 0 Å². The molecule has 0 aromatic carbocycles. The molecule has 3 rings (SSSR count). The van der Waals surface area contributed by atoms with E-state index in [1.54, 1.807) is 23.6 Å². The van der Waals surface area contributed by atoms with E-state index in [9.17, 15) is 4.79 Å². The van der Waals surface area contributed by atoms with Gasteiger partial charge in [-0.2, -0.15) is 0 Å². The highest BCUT2D eigenvalue weighted by Crippen LogP contribution is 2.21. The minimum Gasteiger partial charge on any atom is -0.378 e. The Kier molecular flexibility index (Phi) is 5.65. The number of thiazole rings is 1. The summed E-state index contributed by atoms with van der Waals surface area (Å²) in [4.78, 5) is 25.6. The van der Waals surface area contributed by atoms with Crippen LogP contribution >= 0.6 is 11.3 Å². The molecule has 0 radical (unpaired) electrons. The highest BCUT2D eigenvalue weighted by molar-refractivity contribution is 7.09. The summed E-state index contributed by atoms with van der Waals surface area (Å²) in [5, 5.41) is 3.24. The molecule has 134 valence electrons. The van der Waals surface area contributed by atoms with E-state index in [2.05, 4.69) is 29.2 Å². The number of rotatable bonds is 5. The van der Waals surface area contributed by atoms with Gasteiger partial charge in [0.15, 0.2) is 0 Å². The summed E-state index contributed by atoms with van der Waals surface area (Å²) >= 11 is 1.69. The Morgan fingerprint density at radius 2 is 2.16 bits per heavy atom. The summed E-state index contributed by atoms with van der Waals surface area (Å²) in [6, 6.07) is 3.63. The molecular formula is C18H24N4O2S. The van der Waals surface area contributed by atoms with Crippen LogP contribution < -0.4 is 4.90 Å². The van der Waals surface area contributed by atoms with Crippen molar-refractivity contribution >= 4 is 23.1 Å². The van der Waals surface area contributed by atoms with Gasteiger partial charge in [-0.1, -0.05) is 13.8 Å². The Balaban J connectivity index is 1.70. The molecule has 25 heavy (non-hydrogen) atoms. The number of carbonyl (C=O) groups excluding carboxylic acids is 1. The Morgan fingerprint density at radius 3 is 2.84 bits per heavy atom. The zero-order chi connectivity index (χ0) is 17.8. The lowest BCUT2D eigenvalue weighted by molar-refractivity contribution is 0.0303. The number of anilines is 1. The van der Waals surface area contributed by atoms with Gasteiger partial charge in [0.25, 0.3) is 5.91 Å². The maximum Gasteiger partial charge on any atom is 0.254 e. The summed E-state index contributed by atoms with van der Waals surface area (Å²) in [5.41, 5.74) is 1.70. The van der Waals surface area contributed by atoms with Gasteiger partial charge in [-0.05, 0) is 12.1 Å². The molecule has 3 heterocycles. The minimum atomic E-state index is 0.0381. The lowest BCUT2D eigenvalue weighted by atomic mass is 10.2. The van der Waals surface area contributed by atoms with Crippen molar-refractivity contribution in [3.63, 3.8) is 0 Å². The van der Waals surface area contributed by atoms with Crippen molar-refractivity contribution in [2.24, 2.45) is 0 Å². The molecule has 0 atom stereocenters. The van der Waals surface area contributed by atoms with Crippen molar-refractivity contribution in [2.75, 3.05) is 38.3 Å². The monoisotopic (exact) mass is 360 g/mol. The number of morpholine rings is 1. The van der Waals surface area contributed by atoms with Gasteiger partial charge in [-0.3, -0.25) is 4.79 Å². The smallest absolute Gasteiger partial charge is 0.254 e. The normalized spacial score (nSPS) is 14.8. The second-order valence-corrected chi connectivity index (χ2v) is 7.38. The largest absolute Gasteiger partial charge is 0.378 e. The maximum atomic E-state index is 12.6. The number of nitrogens with zero attached hydrogens (tertiary/aromatic N) is 4. The van der Waals surface area contributed by atoms with Crippen molar-refractivity contribution in [1.82, 2.24) is 14.9 Å². The maximum absolute atomic E-state index is 12.6. The first-order chi connectivity index (χ1) is 12.0. The lowest BCUT2D eigenvalue weighted by Crippen LogP contribution is -2.40. The first kappa shape index (κ1) is 17.8. The van der Waals surface area contributed by atoms with Crippen molar-refractivity contribution in [3.8, 4) is 0 Å². The van der Waals surface area contributed by atoms with Crippen LogP contribution in [0.1, 0.15) is 40.8 Å². The SMILES string of the molecule is CC(C)c1nc(CN(C)c2cc(C(=O)N3CCOCC3)ccn2)cs1. The van der Waals surface area contributed by atoms with Crippen LogP contribution in [-0.2, 0) is 11.3 Å². The van der Waals surface area contributed by atoms with E-state index in [0.29, 0.717) is 44.3 Å². The van der Waals surface area contributed by atoms with Gasteiger partial charge in [-0.25, -0.2) is 9.97 Å². The molecule has 0 aliphatic carbocycles. The molecule has 1 fully saturated rings. The average molecular weight is 360 g/mol. The molecule has 2 aromatic rings. The van der Waals surface area contributed by atoms with E-state index in [1.807, 2.05) is 22.9 Å². The van der Waals surface area contributed by atoms with Gasteiger partial charge < -0.3 is 14.5 Å². The molecule has 1 saturated heterocycles. The molecular weight excluding hydrogens is 336 g/mol. The molecule has 0 spiro atoms. The predicted octanol–water partition coefficient (Wildman–Crippen LogP) is 2.77. The Labute approximate surface area is 152 Å². The summed E-state index contributed by atoms with van der Waals surface area (Å²) in [6.07, 6.45) is 1.69. The number of amides is 1. The molecule has 0 saturated carbocycles. The van der Waals surface area contributed by atoms with Crippen LogP contribution in [0.4, 0.5) is 5.82 Å². The number of hydrogen-bond donors (Lipinski definition) is 0. The summed E-state index contributed by atoms with van der Waals surface area (Å²) in [7, 11) is 1.97. The third-order valence-corrected chi connectivity index (χ3v) is 5.34. The molecule has 0 unspecified atom stereocenters. The van der Waals surface area contributed by atoms with Crippen molar-refractivity contribution < 1.29 is 9.53 Å². The fraction of sp³-hybridized carbons (Fsp3) is 0.500. The van der Waals surface area contributed by atoms with Gasteiger partial charge in [0.1, 0.15) is 5.82 Å². The average Bonchev–Trinajstić information content (AvgIpc) is 3.11.